The molecule has 11 heavy (non-hydrogen) atoms. The molecule has 0 aromatic heterocycles. The van der Waals surface area contributed by atoms with Crippen LogP contribution in [0.3, 0.4) is 0 Å². The maximum Gasteiger partial charge on any atom is 0.0901 e. The smallest absolute Gasteiger partial charge is 0.0901 e. The van der Waals surface area contributed by atoms with Crippen LogP contribution < -0.4 is 5.73 Å². The lowest BCUT2D eigenvalue weighted by Gasteiger charge is -2.25. The summed E-state index contributed by atoms with van der Waals surface area (Å²) < 4.78 is 5.13. The fraction of sp³-hybridized carbons (Fsp3) is 0.778. The van der Waals surface area contributed by atoms with Crippen molar-refractivity contribution in [2.24, 2.45) is 11.7 Å². The molecule has 1 aliphatic carbocycles. The van der Waals surface area contributed by atoms with Gasteiger partial charge in [0.1, 0.15) is 0 Å². The van der Waals surface area contributed by atoms with Gasteiger partial charge in [-0.2, -0.15) is 0 Å². The molecule has 0 aromatic rings. The van der Waals surface area contributed by atoms with E-state index in [9.17, 15) is 0 Å². The zero-order valence-electron chi connectivity index (χ0n) is 6.96. The Kier molecular flexibility index (Phi) is 3.43. The Morgan fingerprint density at radius 1 is 1.36 bits per heavy atom. The number of nitrogens with two attached hydrogens (primary N) is 1. The normalized spacial score (nSPS) is 31.4. The lowest BCUT2D eigenvalue weighted by molar-refractivity contribution is 0.161. The predicted octanol–water partition coefficient (Wildman–Crippen LogP) is 1.66. The van der Waals surface area contributed by atoms with E-state index in [0.29, 0.717) is 12.0 Å². The maximum atomic E-state index is 5.76. The molecule has 0 unspecified atom stereocenters. The Labute approximate surface area is 68.4 Å². The van der Waals surface area contributed by atoms with Gasteiger partial charge >= 0.3 is 0 Å². The van der Waals surface area contributed by atoms with E-state index in [4.69, 9.17) is 10.5 Å². The lowest BCUT2D eigenvalue weighted by Crippen LogP contribution is -2.27. The highest BCUT2D eigenvalue weighted by Crippen LogP contribution is 2.23. The van der Waals surface area contributed by atoms with E-state index in [1.807, 2.05) is 0 Å². The summed E-state index contributed by atoms with van der Waals surface area (Å²) in [6.07, 6.45) is 6.27. The summed E-state index contributed by atoms with van der Waals surface area (Å²) >= 11 is 0. The van der Waals surface area contributed by atoms with Gasteiger partial charge in [-0.15, -0.1) is 0 Å². The van der Waals surface area contributed by atoms with E-state index in [1.54, 1.807) is 0 Å². The average Bonchev–Trinajstić information content (AvgIpc) is 2.04. The van der Waals surface area contributed by atoms with Crippen LogP contribution in [0.1, 0.15) is 25.7 Å². The van der Waals surface area contributed by atoms with Crippen LogP contribution in [0.5, 0.6) is 0 Å². The molecule has 1 aliphatic rings. The van der Waals surface area contributed by atoms with Gasteiger partial charge in [0.05, 0.1) is 12.9 Å². The molecule has 2 nitrogen and oxygen atoms in total. The molecule has 0 spiro atoms. The Balaban J connectivity index is 2.12. The van der Waals surface area contributed by atoms with Gasteiger partial charge in [-0.25, -0.2) is 0 Å². The molecule has 0 bridgehead atoms. The topological polar surface area (TPSA) is 35.2 Å². The van der Waals surface area contributed by atoms with Gasteiger partial charge in [-0.3, -0.25) is 0 Å². The van der Waals surface area contributed by atoms with Crippen molar-refractivity contribution in [3.8, 4) is 0 Å². The van der Waals surface area contributed by atoms with Gasteiger partial charge in [-0.1, -0.05) is 6.58 Å². The first kappa shape index (κ1) is 8.60. The van der Waals surface area contributed by atoms with Crippen LogP contribution in [0.2, 0.25) is 0 Å². The monoisotopic (exact) mass is 155 g/mol. The first-order chi connectivity index (χ1) is 5.33. The summed E-state index contributed by atoms with van der Waals surface area (Å²) in [6, 6.07) is 0.440. The van der Waals surface area contributed by atoms with Crippen LogP contribution in [0.25, 0.3) is 0 Å². The van der Waals surface area contributed by atoms with E-state index in [0.717, 1.165) is 19.4 Å². The third-order valence-corrected chi connectivity index (χ3v) is 2.34. The summed E-state index contributed by atoms with van der Waals surface area (Å²) in [5, 5.41) is 0. The summed E-state index contributed by atoms with van der Waals surface area (Å²) in [5.41, 5.74) is 5.76. The van der Waals surface area contributed by atoms with Crippen LogP contribution in [0.4, 0.5) is 0 Å². The minimum atomic E-state index is 0.440. The zero-order valence-corrected chi connectivity index (χ0v) is 6.96. The highest BCUT2D eigenvalue weighted by atomic mass is 16.5. The van der Waals surface area contributed by atoms with Crippen LogP contribution in [0, 0.1) is 5.92 Å². The first-order valence-electron chi connectivity index (χ1n) is 4.31. The predicted molar refractivity (Wildman–Crippen MR) is 46.1 cm³/mol. The van der Waals surface area contributed by atoms with Crippen molar-refractivity contribution in [2.45, 2.75) is 31.7 Å². The van der Waals surface area contributed by atoms with Crippen LogP contribution in [0.15, 0.2) is 12.8 Å². The highest BCUT2D eigenvalue weighted by molar-refractivity contribution is 4.74. The Morgan fingerprint density at radius 2 is 2.00 bits per heavy atom. The molecule has 64 valence electrons. The minimum Gasteiger partial charge on any atom is -0.502 e. The second-order valence-electron chi connectivity index (χ2n) is 3.28. The largest absolute Gasteiger partial charge is 0.502 e. The molecule has 0 atom stereocenters. The SMILES string of the molecule is C=COCC1CCC(N)CC1. The van der Waals surface area contributed by atoms with E-state index in [1.165, 1.54) is 19.1 Å². The van der Waals surface area contributed by atoms with Crippen molar-refractivity contribution < 1.29 is 4.74 Å². The third kappa shape index (κ3) is 2.93. The second kappa shape index (κ2) is 4.39. The molecule has 0 amide bonds. The molecule has 1 saturated carbocycles. The van der Waals surface area contributed by atoms with E-state index in [2.05, 4.69) is 6.58 Å². The summed E-state index contributed by atoms with van der Waals surface area (Å²) in [5.74, 6) is 0.716. The van der Waals surface area contributed by atoms with Gasteiger partial charge in [0, 0.05) is 6.04 Å². The number of ether oxygens (including phenoxy) is 1. The molecular weight excluding hydrogens is 138 g/mol. The number of rotatable bonds is 3. The average molecular weight is 155 g/mol. The van der Waals surface area contributed by atoms with Crippen molar-refractivity contribution in [2.75, 3.05) is 6.61 Å². The van der Waals surface area contributed by atoms with E-state index in [-0.39, 0.29) is 0 Å². The van der Waals surface area contributed by atoms with E-state index >= 15 is 0 Å². The molecule has 0 aliphatic heterocycles. The number of hydrogen-bond donors (Lipinski definition) is 1. The molecular formula is C9H17NO. The van der Waals surface area contributed by atoms with Crippen LogP contribution in [-0.4, -0.2) is 12.6 Å². The number of hydrogen-bond acceptors (Lipinski definition) is 2. The molecule has 0 aromatic carbocycles. The molecule has 2 heteroatoms. The molecule has 1 rings (SSSR count). The molecule has 2 N–H and O–H groups in total. The van der Waals surface area contributed by atoms with Crippen molar-refractivity contribution in [3.63, 3.8) is 0 Å². The van der Waals surface area contributed by atoms with Gasteiger partial charge in [0.25, 0.3) is 0 Å². The molecule has 0 heterocycles. The zero-order chi connectivity index (χ0) is 8.10. The van der Waals surface area contributed by atoms with E-state index < -0.39 is 0 Å². The van der Waals surface area contributed by atoms with Crippen molar-refractivity contribution in [3.05, 3.63) is 12.8 Å². The highest BCUT2D eigenvalue weighted by Gasteiger charge is 2.18. The lowest BCUT2D eigenvalue weighted by atomic mass is 9.87. The van der Waals surface area contributed by atoms with Crippen molar-refractivity contribution in [1.29, 1.82) is 0 Å². The van der Waals surface area contributed by atoms with Crippen molar-refractivity contribution >= 4 is 0 Å². The maximum absolute atomic E-state index is 5.76. The van der Waals surface area contributed by atoms with Crippen LogP contribution >= 0.6 is 0 Å². The fourth-order valence-corrected chi connectivity index (χ4v) is 1.56. The second-order valence-corrected chi connectivity index (χ2v) is 3.28. The minimum absolute atomic E-state index is 0.440. The van der Waals surface area contributed by atoms with Gasteiger partial charge < -0.3 is 10.5 Å². The first-order valence-corrected chi connectivity index (χ1v) is 4.31. The summed E-state index contributed by atoms with van der Waals surface area (Å²) in [6.45, 7) is 4.34. The van der Waals surface area contributed by atoms with Gasteiger partial charge in [0.2, 0.25) is 0 Å². The quantitative estimate of drug-likeness (QED) is 0.629. The fourth-order valence-electron chi connectivity index (χ4n) is 1.56. The third-order valence-electron chi connectivity index (χ3n) is 2.34. The molecule has 0 radical (unpaired) electrons. The Hall–Kier alpha value is -0.500. The summed E-state index contributed by atoms with van der Waals surface area (Å²) in [4.78, 5) is 0. The molecule has 0 saturated heterocycles. The van der Waals surface area contributed by atoms with Crippen molar-refractivity contribution in [1.82, 2.24) is 0 Å². The van der Waals surface area contributed by atoms with Gasteiger partial charge in [-0.05, 0) is 31.6 Å². The van der Waals surface area contributed by atoms with Gasteiger partial charge in [0.15, 0.2) is 0 Å². The summed E-state index contributed by atoms with van der Waals surface area (Å²) in [7, 11) is 0. The standard InChI is InChI=1S/C9H17NO/c1-2-11-7-8-3-5-9(10)6-4-8/h2,8-9H,1,3-7,10H2. The Morgan fingerprint density at radius 3 is 2.55 bits per heavy atom. The Bertz CT molecular complexity index is 117. The molecule has 1 fully saturated rings. The van der Waals surface area contributed by atoms with Crippen LogP contribution in [-0.2, 0) is 4.74 Å².